The molecule has 7 nitrogen and oxygen atoms in total. The minimum absolute atomic E-state index is 0.178. The van der Waals surface area contributed by atoms with Crippen LogP contribution in [-0.2, 0) is 7.05 Å². The van der Waals surface area contributed by atoms with Crippen molar-refractivity contribution in [3.05, 3.63) is 71.9 Å². The summed E-state index contributed by atoms with van der Waals surface area (Å²) in [5, 5.41) is 15.2. The topological polar surface area (TPSA) is 87.0 Å². The maximum absolute atomic E-state index is 11.6. The zero-order valence-corrected chi connectivity index (χ0v) is 17.5. The maximum atomic E-state index is 11.6. The van der Waals surface area contributed by atoms with Gasteiger partial charge in [0, 0.05) is 36.9 Å². The molecule has 3 heterocycles. The third-order valence-electron chi connectivity index (χ3n) is 5.63. The second kappa shape index (κ2) is 7.29. The number of aryl methyl sites for hydroxylation is 1. The third-order valence-corrected chi connectivity index (χ3v) is 5.63. The molecule has 32 heavy (non-hydrogen) atoms. The second-order valence-corrected chi connectivity index (χ2v) is 7.50. The van der Waals surface area contributed by atoms with Crippen molar-refractivity contribution >= 4 is 39.3 Å². The molecule has 5 rings (SSSR count). The summed E-state index contributed by atoms with van der Waals surface area (Å²) < 4.78 is 1.84. The van der Waals surface area contributed by atoms with Crippen molar-refractivity contribution in [2.24, 2.45) is 7.05 Å². The molecular weight excluding hydrogens is 402 g/mol. The van der Waals surface area contributed by atoms with Gasteiger partial charge in [-0.2, -0.15) is 5.10 Å². The number of aromatic carboxylic acids is 1. The number of pyridine rings is 1. The number of carbonyl (C=O) groups is 1. The molecule has 2 N–H and O–H groups in total. The van der Waals surface area contributed by atoms with E-state index in [1.165, 1.54) is 12.3 Å². The number of para-hydroxylation sites is 1. The molecule has 3 aromatic heterocycles. The lowest BCUT2D eigenvalue weighted by Crippen LogP contribution is -2.10. The smallest absolute Gasteiger partial charge is 0.337 e. The Labute approximate surface area is 183 Å². The van der Waals surface area contributed by atoms with E-state index in [0.717, 1.165) is 33.5 Å². The number of hydrogen-bond donors (Lipinski definition) is 2. The van der Waals surface area contributed by atoms with E-state index in [-0.39, 0.29) is 5.56 Å². The van der Waals surface area contributed by atoms with Gasteiger partial charge in [-0.25, -0.2) is 4.79 Å². The Bertz CT molecular complexity index is 1540. The average Bonchev–Trinajstić information content (AvgIpc) is 3.39. The van der Waals surface area contributed by atoms with Crippen LogP contribution in [0.4, 0.5) is 11.4 Å². The maximum Gasteiger partial charge on any atom is 0.337 e. The fourth-order valence-electron chi connectivity index (χ4n) is 4.04. The molecule has 0 atom stereocenters. The quantitative estimate of drug-likeness (QED) is 0.415. The number of terminal acetylenes is 1. The van der Waals surface area contributed by atoms with Crippen LogP contribution in [0.15, 0.2) is 60.8 Å². The number of nitrogens with zero attached hydrogens (tertiary/aromatic N) is 4. The summed E-state index contributed by atoms with van der Waals surface area (Å²) in [6.45, 7) is 0. The molecule has 2 aromatic carbocycles. The fourth-order valence-corrected chi connectivity index (χ4v) is 4.04. The first kappa shape index (κ1) is 19.4. The first-order valence-corrected chi connectivity index (χ1v) is 9.95. The Morgan fingerprint density at radius 1 is 1.19 bits per heavy atom. The zero-order valence-electron chi connectivity index (χ0n) is 17.5. The third kappa shape index (κ3) is 2.97. The SMILES string of the molecule is C#Cc1ccc(N(C)c2cccc3c(-c4cc5nccc(C(=O)O)c5[nH]4)nn(C)c23)cc1. The molecule has 0 spiro atoms. The highest BCUT2D eigenvalue weighted by Gasteiger charge is 2.19. The van der Waals surface area contributed by atoms with Crippen molar-refractivity contribution in [2.45, 2.75) is 0 Å². The number of benzene rings is 2. The van der Waals surface area contributed by atoms with Crippen LogP contribution in [0.25, 0.3) is 33.3 Å². The highest BCUT2D eigenvalue weighted by atomic mass is 16.4. The highest BCUT2D eigenvalue weighted by molar-refractivity contribution is 6.05. The Balaban J connectivity index is 1.66. The summed E-state index contributed by atoms with van der Waals surface area (Å²) in [4.78, 5) is 21.2. The van der Waals surface area contributed by atoms with Gasteiger partial charge in [0.15, 0.2) is 0 Å². The Morgan fingerprint density at radius 3 is 2.69 bits per heavy atom. The highest BCUT2D eigenvalue weighted by Crippen LogP contribution is 2.36. The van der Waals surface area contributed by atoms with Gasteiger partial charge in [-0.15, -0.1) is 6.42 Å². The summed E-state index contributed by atoms with van der Waals surface area (Å²) in [7, 11) is 3.90. The number of aromatic nitrogens is 4. The fraction of sp³-hybridized carbons (Fsp3) is 0.0800. The van der Waals surface area contributed by atoms with Crippen LogP contribution in [-0.4, -0.2) is 37.9 Å². The van der Waals surface area contributed by atoms with Gasteiger partial charge < -0.3 is 15.0 Å². The molecule has 0 saturated heterocycles. The lowest BCUT2D eigenvalue weighted by Gasteiger charge is -2.21. The van der Waals surface area contributed by atoms with Crippen molar-refractivity contribution < 1.29 is 9.90 Å². The van der Waals surface area contributed by atoms with Gasteiger partial charge in [0.1, 0.15) is 5.69 Å². The largest absolute Gasteiger partial charge is 0.478 e. The minimum atomic E-state index is -1.00. The monoisotopic (exact) mass is 421 g/mol. The van der Waals surface area contributed by atoms with Gasteiger partial charge in [-0.05, 0) is 42.5 Å². The number of rotatable bonds is 4. The molecule has 7 heteroatoms. The molecule has 0 bridgehead atoms. The first-order valence-electron chi connectivity index (χ1n) is 9.95. The van der Waals surface area contributed by atoms with E-state index in [0.29, 0.717) is 16.7 Å². The molecule has 0 saturated carbocycles. The lowest BCUT2D eigenvalue weighted by atomic mass is 10.1. The number of fused-ring (bicyclic) bond motifs is 2. The van der Waals surface area contributed by atoms with E-state index in [9.17, 15) is 9.90 Å². The summed E-state index contributed by atoms with van der Waals surface area (Å²) in [6.07, 6.45) is 6.98. The number of hydrogen-bond acceptors (Lipinski definition) is 4. The molecule has 0 amide bonds. The van der Waals surface area contributed by atoms with Crippen molar-refractivity contribution in [1.29, 1.82) is 0 Å². The standard InChI is InChI=1S/C25H19N5O2/c1-4-15-8-10-16(11-9-15)29(2)21-7-5-6-17-23(28-30(3)24(17)21)20-14-19-22(27-20)18(25(31)32)12-13-26-19/h1,5-14,27H,2-3H3,(H,31,32). The molecular formula is C25H19N5O2. The number of anilines is 2. The minimum Gasteiger partial charge on any atom is -0.478 e. The molecule has 0 fully saturated rings. The van der Waals surface area contributed by atoms with Gasteiger partial charge in [0.05, 0.1) is 33.5 Å². The van der Waals surface area contributed by atoms with E-state index >= 15 is 0 Å². The summed E-state index contributed by atoms with van der Waals surface area (Å²) in [5.41, 5.74) is 6.46. The van der Waals surface area contributed by atoms with Gasteiger partial charge >= 0.3 is 5.97 Å². The van der Waals surface area contributed by atoms with E-state index in [1.54, 1.807) is 0 Å². The van der Waals surface area contributed by atoms with E-state index < -0.39 is 5.97 Å². The number of nitrogens with one attached hydrogen (secondary N) is 1. The molecule has 0 unspecified atom stereocenters. The predicted octanol–water partition coefficient (Wildman–Crippen LogP) is 4.56. The Kier molecular flexibility index (Phi) is 4.42. The summed E-state index contributed by atoms with van der Waals surface area (Å²) in [6, 6.07) is 17.2. The second-order valence-electron chi connectivity index (χ2n) is 7.50. The molecule has 0 aliphatic carbocycles. The van der Waals surface area contributed by atoms with Crippen LogP contribution in [0.5, 0.6) is 0 Å². The van der Waals surface area contributed by atoms with E-state index in [1.807, 2.05) is 67.3 Å². The molecule has 0 aliphatic heterocycles. The number of aromatic amines is 1. The predicted molar refractivity (Wildman–Crippen MR) is 125 cm³/mol. The molecule has 5 aromatic rings. The zero-order chi connectivity index (χ0) is 22.4. The lowest BCUT2D eigenvalue weighted by molar-refractivity contribution is 0.0698. The molecule has 0 aliphatic rings. The van der Waals surface area contributed by atoms with Crippen LogP contribution >= 0.6 is 0 Å². The molecule has 0 radical (unpaired) electrons. The Hall–Kier alpha value is -4.57. The normalized spacial score (nSPS) is 11.0. The summed E-state index contributed by atoms with van der Waals surface area (Å²) >= 11 is 0. The van der Waals surface area contributed by atoms with Crippen molar-refractivity contribution in [3.8, 4) is 23.7 Å². The van der Waals surface area contributed by atoms with Crippen LogP contribution in [0.2, 0.25) is 0 Å². The summed E-state index contributed by atoms with van der Waals surface area (Å²) in [5.74, 6) is 1.63. The number of carboxylic acids is 1. The van der Waals surface area contributed by atoms with Gasteiger partial charge in [0.25, 0.3) is 0 Å². The van der Waals surface area contributed by atoms with Crippen LogP contribution in [0.3, 0.4) is 0 Å². The van der Waals surface area contributed by atoms with Crippen LogP contribution in [0.1, 0.15) is 15.9 Å². The van der Waals surface area contributed by atoms with Crippen molar-refractivity contribution in [2.75, 3.05) is 11.9 Å². The van der Waals surface area contributed by atoms with Crippen molar-refractivity contribution in [1.82, 2.24) is 19.7 Å². The molecule has 156 valence electrons. The number of carboxylic acid groups (broad SMARTS) is 1. The van der Waals surface area contributed by atoms with E-state index in [2.05, 4.69) is 20.8 Å². The average molecular weight is 421 g/mol. The van der Waals surface area contributed by atoms with Crippen LogP contribution < -0.4 is 4.90 Å². The van der Waals surface area contributed by atoms with Crippen LogP contribution in [0, 0.1) is 12.3 Å². The van der Waals surface area contributed by atoms with Gasteiger partial charge in [-0.1, -0.05) is 18.1 Å². The van der Waals surface area contributed by atoms with Gasteiger partial charge in [0.2, 0.25) is 0 Å². The number of H-pyrrole nitrogens is 1. The van der Waals surface area contributed by atoms with Crippen molar-refractivity contribution in [3.63, 3.8) is 0 Å². The first-order chi connectivity index (χ1) is 15.5. The van der Waals surface area contributed by atoms with Gasteiger partial charge in [-0.3, -0.25) is 9.67 Å². The Morgan fingerprint density at radius 2 is 1.97 bits per heavy atom. The van der Waals surface area contributed by atoms with E-state index in [4.69, 9.17) is 11.5 Å².